The molecule has 1 saturated heterocycles. The Morgan fingerprint density at radius 3 is 2.41 bits per heavy atom. The molecule has 4 nitrogen and oxygen atoms in total. The summed E-state index contributed by atoms with van der Waals surface area (Å²) < 4.78 is 41.2. The molecule has 1 fully saturated rings. The van der Waals surface area contributed by atoms with Gasteiger partial charge in [-0.05, 0) is 54.6 Å². The second-order valence-electron chi connectivity index (χ2n) is 8.06. The van der Waals surface area contributed by atoms with Crippen molar-refractivity contribution in [1.29, 1.82) is 0 Å². The molecule has 2 aliphatic heterocycles. The third-order valence-corrected chi connectivity index (χ3v) is 6.76. The summed E-state index contributed by atoms with van der Waals surface area (Å²) in [5, 5.41) is 7.51. The molecule has 4 rings (SSSR count). The minimum Gasteiger partial charge on any atom is -0.312 e. The second-order valence-corrected chi connectivity index (χ2v) is 9.17. The summed E-state index contributed by atoms with van der Waals surface area (Å²) in [5.74, 6) is 0.949. The van der Waals surface area contributed by atoms with E-state index < -0.39 is 12.6 Å². The third-order valence-electron chi connectivity index (χ3n) is 5.64. The summed E-state index contributed by atoms with van der Waals surface area (Å²) in [6, 6.07) is 18.1. The van der Waals surface area contributed by atoms with Crippen LogP contribution < -0.4 is 4.31 Å². The zero-order valence-electron chi connectivity index (χ0n) is 19.8. The lowest BCUT2D eigenvalue weighted by atomic mass is 10.0. The van der Waals surface area contributed by atoms with E-state index >= 15 is 0 Å². The number of alkyl halides is 3. The first-order valence-electron chi connectivity index (χ1n) is 11.9. The molecule has 0 bridgehead atoms. The normalized spacial score (nSPS) is 17.9. The Balaban J connectivity index is 0.00000158. The van der Waals surface area contributed by atoms with E-state index in [9.17, 15) is 13.2 Å². The number of hydrogen-bond donors (Lipinski definition) is 0. The average Bonchev–Trinajstić information content (AvgIpc) is 3.53. The largest absolute Gasteiger partial charge is 0.312 e. The van der Waals surface area contributed by atoms with Crippen molar-refractivity contribution in [3.8, 4) is 0 Å². The Morgan fingerprint density at radius 2 is 1.79 bits per heavy atom. The van der Waals surface area contributed by atoms with Crippen LogP contribution >= 0.6 is 11.9 Å². The fraction of sp³-hybridized carbons (Fsp3) is 0.462. The van der Waals surface area contributed by atoms with Gasteiger partial charge < -0.3 is 9.21 Å². The highest BCUT2D eigenvalue weighted by Crippen LogP contribution is 2.26. The molecular formula is C26H33F3N4S. The van der Waals surface area contributed by atoms with Crippen LogP contribution in [-0.4, -0.2) is 54.3 Å². The molecule has 2 aromatic rings. The molecule has 2 heterocycles. The van der Waals surface area contributed by atoms with E-state index in [1.165, 1.54) is 0 Å². The molecule has 8 heteroatoms. The number of para-hydroxylation sites is 1. The van der Waals surface area contributed by atoms with Crippen LogP contribution in [0.3, 0.4) is 0 Å². The predicted octanol–water partition coefficient (Wildman–Crippen LogP) is 6.62. The van der Waals surface area contributed by atoms with Gasteiger partial charge in [0.15, 0.2) is 0 Å². The molecule has 0 saturated carbocycles. The summed E-state index contributed by atoms with van der Waals surface area (Å²) >= 11 is 1.77. The molecule has 0 spiro atoms. The molecule has 1 unspecified atom stereocenters. The lowest BCUT2D eigenvalue weighted by Gasteiger charge is -2.24. The van der Waals surface area contributed by atoms with Gasteiger partial charge in [-0.3, -0.25) is 0 Å². The zero-order valence-corrected chi connectivity index (χ0v) is 20.7. The fourth-order valence-corrected chi connectivity index (χ4v) is 4.86. The quantitative estimate of drug-likeness (QED) is 0.277. The Hall–Kier alpha value is -2.32. The van der Waals surface area contributed by atoms with Crippen LogP contribution in [0, 0.1) is 0 Å². The smallest absolute Gasteiger partial charge is 0.278 e. The highest BCUT2D eigenvalue weighted by molar-refractivity contribution is 8.00. The van der Waals surface area contributed by atoms with Gasteiger partial charge in [0.2, 0.25) is 0 Å². The van der Waals surface area contributed by atoms with Crippen molar-refractivity contribution in [2.75, 3.05) is 29.7 Å². The summed E-state index contributed by atoms with van der Waals surface area (Å²) in [7, 11) is 0. The molecule has 184 valence electrons. The van der Waals surface area contributed by atoms with Crippen molar-refractivity contribution in [1.82, 2.24) is 4.90 Å². The fourth-order valence-electron chi connectivity index (χ4n) is 3.87. The van der Waals surface area contributed by atoms with Gasteiger partial charge >= 0.3 is 0 Å². The first-order valence-corrected chi connectivity index (χ1v) is 12.9. The molecule has 0 amide bonds. The van der Waals surface area contributed by atoms with Crippen molar-refractivity contribution < 1.29 is 13.2 Å². The van der Waals surface area contributed by atoms with Crippen LogP contribution in [0.1, 0.15) is 44.2 Å². The molecule has 0 N–H and O–H groups in total. The van der Waals surface area contributed by atoms with Gasteiger partial charge in [-0.15, -0.1) is 0 Å². The highest BCUT2D eigenvalue weighted by Gasteiger charge is 2.22. The van der Waals surface area contributed by atoms with Gasteiger partial charge in [-0.25, -0.2) is 13.2 Å². The standard InChI is InChI=1S/C24H27F3N4S.C2H6/c25-20-11-13-30(17-20)12-4-14-32-31(21-5-2-1-3-6-21)16-18-7-9-19(10-8-18)22-15-23(24(26)27)29-28-22;1-2/h1-3,5-10,20,24H,4,11-17H2;1-2H3. The van der Waals surface area contributed by atoms with Gasteiger partial charge in [0.1, 0.15) is 11.9 Å². The number of halogens is 3. The molecule has 34 heavy (non-hydrogen) atoms. The zero-order chi connectivity index (χ0) is 24.3. The Bertz CT molecular complexity index is 935. The van der Waals surface area contributed by atoms with Crippen LogP contribution in [0.5, 0.6) is 0 Å². The van der Waals surface area contributed by atoms with Crippen LogP contribution in [0.2, 0.25) is 0 Å². The summed E-state index contributed by atoms with van der Waals surface area (Å²) in [6.45, 7) is 7.07. The highest BCUT2D eigenvalue weighted by atomic mass is 32.2. The van der Waals surface area contributed by atoms with E-state index in [0.717, 1.165) is 48.6 Å². The van der Waals surface area contributed by atoms with Gasteiger partial charge in [0.05, 0.1) is 12.3 Å². The van der Waals surface area contributed by atoms with E-state index in [-0.39, 0.29) is 12.1 Å². The average molecular weight is 491 g/mol. The second kappa shape index (κ2) is 13.5. The minimum atomic E-state index is -2.56. The first-order chi connectivity index (χ1) is 16.6. The number of hydrogen-bond acceptors (Lipinski definition) is 5. The van der Waals surface area contributed by atoms with Crippen LogP contribution in [0.15, 0.2) is 64.8 Å². The van der Waals surface area contributed by atoms with Crippen molar-refractivity contribution in [2.45, 2.75) is 52.3 Å². The monoisotopic (exact) mass is 490 g/mol. The van der Waals surface area contributed by atoms with Crippen molar-refractivity contribution in [3.63, 3.8) is 0 Å². The van der Waals surface area contributed by atoms with E-state index in [1.807, 2.05) is 56.3 Å². The molecule has 1 atom stereocenters. The SMILES string of the molecule is CC.FC1CCN(CCCSN(Cc2ccc(C3=NN=C(C(F)F)C3)cc2)c2ccccc2)C1. The van der Waals surface area contributed by atoms with Gasteiger partial charge in [-0.1, -0.05) is 56.3 Å². The molecule has 2 aliphatic rings. The third kappa shape index (κ3) is 7.60. The molecule has 0 radical (unpaired) electrons. The van der Waals surface area contributed by atoms with E-state index in [4.69, 9.17) is 0 Å². The first kappa shape index (κ1) is 26.3. The van der Waals surface area contributed by atoms with E-state index in [2.05, 4.69) is 31.5 Å². The lowest BCUT2D eigenvalue weighted by molar-refractivity contribution is 0.224. The Kier molecular flexibility index (Phi) is 10.5. The van der Waals surface area contributed by atoms with E-state index in [1.54, 1.807) is 11.9 Å². The number of rotatable bonds is 10. The number of nitrogens with zero attached hydrogens (tertiary/aromatic N) is 4. The summed E-state index contributed by atoms with van der Waals surface area (Å²) in [4.78, 5) is 2.20. The van der Waals surface area contributed by atoms with Gasteiger partial charge in [-0.2, -0.15) is 10.2 Å². The minimum absolute atomic E-state index is 0.100. The van der Waals surface area contributed by atoms with Crippen molar-refractivity contribution >= 4 is 29.1 Å². The number of likely N-dealkylation sites (tertiary alicyclic amines) is 1. The van der Waals surface area contributed by atoms with Crippen LogP contribution in [0.4, 0.5) is 18.9 Å². The molecule has 0 aliphatic carbocycles. The number of anilines is 1. The summed E-state index contributed by atoms with van der Waals surface area (Å²) in [6.07, 6.45) is -1.47. The molecular weight excluding hydrogens is 457 g/mol. The summed E-state index contributed by atoms with van der Waals surface area (Å²) in [5.41, 5.74) is 3.48. The predicted molar refractivity (Wildman–Crippen MR) is 138 cm³/mol. The topological polar surface area (TPSA) is 31.2 Å². The maximum atomic E-state index is 13.4. The molecule has 2 aromatic carbocycles. The molecule has 0 aromatic heterocycles. The van der Waals surface area contributed by atoms with Crippen molar-refractivity contribution in [2.24, 2.45) is 10.2 Å². The van der Waals surface area contributed by atoms with Crippen molar-refractivity contribution in [3.05, 3.63) is 65.7 Å². The maximum Gasteiger partial charge on any atom is 0.278 e. The van der Waals surface area contributed by atoms with Gasteiger partial charge in [0.25, 0.3) is 6.43 Å². The van der Waals surface area contributed by atoms with Crippen LogP contribution in [0.25, 0.3) is 0 Å². The number of benzene rings is 2. The maximum absolute atomic E-state index is 13.4. The Labute approximate surface area is 205 Å². The lowest BCUT2D eigenvalue weighted by Crippen LogP contribution is -2.23. The van der Waals surface area contributed by atoms with Gasteiger partial charge in [0, 0.05) is 31.0 Å². The van der Waals surface area contributed by atoms with E-state index in [0.29, 0.717) is 18.7 Å². The van der Waals surface area contributed by atoms with Crippen LogP contribution in [-0.2, 0) is 6.54 Å². The Morgan fingerprint density at radius 1 is 1.06 bits per heavy atom.